The molecule has 1 aromatic carbocycles. The lowest BCUT2D eigenvalue weighted by Crippen LogP contribution is -2.42. The molecule has 2 heterocycles. The molecule has 3 atom stereocenters. The Hall–Kier alpha value is -1.74. The summed E-state index contributed by atoms with van der Waals surface area (Å²) in [4.78, 5) is 48.5. The highest BCUT2D eigenvalue weighted by Crippen LogP contribution is 2.30. The second-order valence-corrected chi connectivity index (χ2v) is 9.41. The van der Waals surface area contributed by atoms with Crippen LogP contribution in [0.25, 0.3) is 0 Å². The molecule has 9 nitrogen and oxygen atoms in total. The van der Waals surface area contributed by atoms with Crippen molar-refractivity contribution in [2.75, 3.05) is 6.61 Å². The van der Waals surface area contributed by atoms with E-state index < -0.39 is 41.6 Å². The minimum absolute atomic E-state index is 0.113. The van der Waals surface area contributed by atoms with Gasteiger partial charge in [0.25, 0.3) is 5.56 Å². The summed E-state index contributed by atoms with van der Waals surface area (Å²) in [5.41, 5.74) is -0.117. The summed E-state index contributed by atoms with van der Waals surface area (Å²) in [6.45, 7) is 2.54. The first-order valence-corrected chi connectivity index (χ1v) is 11.5. The van der Waals surface area contributed by atoms with Crippen LogP contribution in [0.4, 0.5) is 0 Å². The average Bonchev–Trinajstić information content (AvgIpc) is 3.08. The van der Waals surface area contributed by atoms with Crippen molar-refractivity contribution in [3.8, 4) is 0 Å². The number of esters is 2. The third kappa shape index (κ3) is 5.94. The molecule has 1 aliphatic rings. The number of ether oxygens (including phenoxy) is 3. The molecular weight excluding hydrogens is 634 g/mol. The summed E-state index contributed by atoms with van der Waals surface area (Å²) in [6, 6.07) is 7.52. The molecule has 0 amide bonds. The Morgan fingerprint density at radius 3 is 2.58 bits per heavy atom. The fraction of sp³-hybridized carbons (Fsp3) is 0.400. The molecular formula is C20H20I2N2O7. The van der Waals surface area contributed by atoms with E-state index in [0.29, 0.717) is 3.57 Å². The number of halogens is 2. The van der Waals surface area contributed by atoms with Crippen LogP contribution in [0.1, 0.15) is 32.1 Å². The highest BCUT2D eigenvalue weighted by molar-refractivity contribution is 14.1. The largest absolute Gasteiger partial charge is 0.463 e. The standard InChI is InChI=1S/C20H20I2N2O7/c1-11(25)29-10-17-16(30-12(2)26)7-18(31-17)23-9-15(22)19(27)24(20(23)28)8-13-4-3-5-14(21)6-13/h3-6,9,16-18H,7-8,10H2,1-2H3/t16-,17+,18+/m0/s1. The molecule has 11 heteroatoms. The van der Waals surface area contributed by atoms with Gasteiger partial charge >= 0.3 is 17.6 Å². The monoisotopic (exact) mass is 654 g/mol. The van der Waals surface area contributed by atoms with Crippen molar-refractivity contribution >= 4 is 57.1 Å². The van der Waals surface area contributed by atoms with E-state index in [0.717, 1.165) is 13.7 Å². The van der Waals surface area contributed by atoms with Crippen LogP contribution in [0.5, 0.6) is 0 Å². The lowest BCUT2D eigenvalue weighted by molar-refractivity contribution is -0.155. The summed E-state index contributed by atoms with van der Waals surface area (Å²) < 4.78 is 20.0. The lowest BCUT2D eigenvalue weighted by atomic mass is 10.2. The lowest BCUT2D eigenvalue weighted by Gasteiger charge is -2.18. The van der Waals surface area contributed by atoms with Crippen LogP contribution in [0.2, 0.25) is 0 Å². The van der Waals surface area contributed by atoms with E-state index in [1.54, 1.807) is 0 Å². The van der Waals surface area contributed by atoms with E-state index in [9.17, 15) is 19.2 Å². The molecule has 1 aromatic heterocycles. The molecule has 1 saturated heterocycles. The topological polar surface area (TPSA) is 106 Å². The maximum absolute atomic E-state index is 13.2. The highest BCUT2D eigenvalue weighted by atomic mass is 127. The molecule has 1 fully saturated rings. The second-order valence-electron chi connectivity index (χ2n) is 7.00. The third-order valence-electron chi connectivity index (χ3n) is 4.64. The molecule has 166 valence electrons. The minimum atomic E-state index is -0.784. The zero-order valence-corrected chi connectivity index (χ0v) is 21.1. The number of carbonyl (C=O) groups is 2. The number of hydrogen-bond donors (Lipinski definition) is 0. The van der Waals surface area contributed by atoms with Crippen LogP contribution in [-0.2, 0) is 30.3 Å². The van der Waals surface area contributed by atoms with E-state index >= 15 is 0 Å². The van der Waals surface area contributed by atoms with Gasteiger partial charge in [0.2, 0.25) is 0 Å². The van der Waals surface area contributed by atoms with Gasteiger partial charge in [-0.2, -0.15) is 0 Å². The molecule has 2 aromatic rings. The van der Waals surface area contributed by atoms with Crippen molar-refractivity contribution < 1.29 is 23.8 Å². The Bertz CT molecular complexity index is 1110. The van der Waals surface area contributed by atoms with Crippen molar-refractivity contribution in [3.63, 3.8) is 0 Å². The number of nitrogens with zero attached hydrogens (tertiary/aromatic N) is 2. The molecule has 31 heavy (non-hydrogen) atoms. The Morgan fingerprint density at radius 1 is 1.19 bits per heavy atom. The van der Waals surface area contributed by atoms with E-state index in [1.807, 2.05) is 46.9 Å². The zero-order chi connectivity index (χ0) is 22.7. The van der Waals surface area contributed by atoms with Gasteiger partial charge in [-0.05, 0) is 62.9 Å². The molecule has 1 aliphatic heterocycles. The smallest absolute Gasteiger partial charge is 0.333 e. The molecule has 0 radical (unpaired) electrons. The summed E-state index contributed by atoms with van der Waals surface area (Å²) >= 11 is 4.05. The molecule has 0 saturated carbocycles. The van der Waals surface area contributed by atoms with Gasteiger partial charge in [-0.3, -0.25) is 23.5 Å². The van der Waals surface area contributed by atoms with Gasteiger partial charge in [-0.1, -0.05) is 12.1 Å². The normalized spacial score (nSPS) is 20.5. The van der Waals surface area contributed by atoms with Crippen LogP contribution in [0.3, 0.4) is 0 Å². The number of benzene rings is 1. The van der Waals surface area contributed by atoms with Crippen molar-refractivity contribution in [1.82, 2.24) is 9.13 Å². The van der Waals surface area contributed by atoms with E-state index in [1.165, 1.54) is 24.6 Å². The molecule has 0 spiro atoms. The maximum atomic E-state index is 13.2. The van der Waals surface area contributed by atoms with Gasteiger partial charge in [0.05, 0.1) is 10.1 Å². The predicted octanol–water partition coefficient (Wildman–Crippen LogP) is 2.05. The third-order valence-corrected chi connectivity index (χ3v) is 6.05. The van der Waals surface area contributed by atoms with Gasteiger partial charge < -0.3 is 14.2 Å². The average molecular weight is 654 g/mol. The van der Waals surface area contributed by atoms with Crippen molar-refractivity contribution in [2.45, 2.75) is 45.2 Å². The second kappa shape index (κ2) is 10.3. The maximum Gasteiger partial charge on any atom is 0.333 e. The Morgan fingerprint density at radius 2 is 1.94 bits per heavy atom. The van der Waals surface area contributed by atoms with Crippen LogP contribution in [0.15, 0.2) is 40.1 Å². The van der Waals surface area contributed by atoms with E-state index in [2.05, 4.69) is 22.6 Å². The van der Waals surface area contributed by atoms with Gasteiger partial charge in [0.15, 0.2) is 0 Å². The van der Waals surface area contributed by atoms with Gasteiger partial charge in [-0.15, -0.1) is 0 Å². The van der Waals surface area contributed by atoms with Crippen LogP contribution >= 0.6 is 45.2 Å². The number of hydrogen-bond acceptors (Lipinski definition) is 7. The molecule has 0 bridgehead atoms. The highest BCUT2D eigenvalue weighted by Gasteiger charge is 2.40. The first-order valence-electron chi connectivity index (χ1n) is 9.37. The predicted molar refractivity (Wildman–Crippen MR) is 127 cm³/mol. The fourth-order valence-electron chi connectivity index (χ4n) is 3.31. The number of carbonyl (C=O) groups excluding carboxylic acids is 2. The molecule has 0 unspecified atom stereocenters. The van der Waals surface area contributed by atoms with Gasteiger partial charge in [0.1, 0.15) is 25.0 Å². The number of rotatable bonds is 6. The van der Waals surface area contributed by atoms with Crippen LogP contribution in [0, 0.1) is 7.14 Å². The Labute approximate surface area is 205 Å². The van der Waals surface area contributed by atoms with Gasteiger partial charge in [0, 0.05) is 30.0 Å². The molecule has 0 aliphatic carbocycles. The Kier molecular flexibility index (Phi) is 7.91. The summed E-state index contributed by atoms with van der Waals surface area (Å²) in [6.07, 6.45) is -0.585. The van der Waals surface area contributed by atoms with Crippen LogP contribution < -0.4 is 11.2 Å². The van der Waals surface area contributed by atoms with Crippen molar-refractivity contribution in [3.05, 3.63) is 64.0 Å². The Balaban J connectivity index is 1.93. The first kappa shape index (κ1) is 23.9. The minimum Gasteiger partial charge on any atom is -0.463 e. The molecule has 3 rings (SSSR count). The quantitative estimate of drug-likeness (QED) is 0.347. The van der Waals surface area contributed by atoms with Crippen molar-refractivity contribution in [2.24, 2.45) is 0 Å². The SMILES string of the molecule is CC(=O)OC[C@H]1O[C@@H](n2cc(I)c(=O)n(Cc3cccc(I)c3)c2=O)C[C@@H]1OC(C)=O. The fourth-order valence-corrected chi connectivity index (χ4v) is 4.51. The summed E-state index contributed by atoms with van der Waals surface area (Å²) in [5, 5.41) is 0. The zero-order valence-electron chi connectivity index (χ0n) is 16.7. The first-order chi connectivity index (χ1) is 14.7. The molecule has 0 N–H and O–H groups in total. The van der Waals surface area contributed by atoms with Crippen molar-refractivity contribution in [1.29, 1.82) is 0 Å². The van der Waals surface area contributed by atoms with Gasteiger partial charge in [-0.25, -0.2) is 4.79 Å². The van der Waals surface area contributed by atoms with E-state index in [4.69, 9.17) is 14.2 Å². The number of aromatic nitrogens is 2. The summed E-state index contributed by atoms with van der Waals surface area (Å²) in [7, 11) is 0. The van der Waals surface area contributed by atoms with Crippen LogP contribution in [-0.4, -0.2) is 39.9 Å². The summed E-state index contributed by atoms with van der Waals surface area (Å²) in [5.74, 6) is -1.00. The van der Waals surface area contributed by atoms with E-state index in [-0.39, 0.29) is 19.6 Å².